The quantitative estimate of drug-likeness (QED) is 0.803. The number of carbonyl (C=O) groups is 1. The van der Waals surface area contributed by atoms with Gasteiger partial charge in [-0.05, 0) is 49.8 Å². The normalized spacial score (nSPS) is 17.4. The summed E-state index contributed by atoms with van der Waals surface area (Å²) in [6.07, 6.45) is 10.3. The van der Waals surface area contributed by atoms with Crippen molar-refractivity contribution >= 4 is 17.5 Å². The van der Waals surface area contributed by atoms with E-state index in [1.54, 1.807) is 10.9 Å². The monoisotopic (exact) mass is 346 g/mol. The van der Waals surface area contributed by atoms with Crippen LogP contribution in [0.5, 0.6) is 0 Å². The van der Waals surface area contributed by atoms with E-state index < -0.39 is 0 Å². The SMILES string of the molecule is CCCn1cc(Cl)c(C(=O)N2CCC[C@H]2CCc2ccncc2)n1. The Balaban J connectivity index is 1.67. The van der Waals surface area contributed by atoms with Gasteiger partial charge in [-0.1, -0.05) is 18.5 Å². The topological polar surface area (TPSA) is 51.0 Å². The van der Waals surface area contributed by atoms with Gasteiger partial charge in [0, 0.05) is 37.7 Å². The molecule has 3 rings (SSSR count). The first kappa shape index (κ1) is 17.0. The molecule has 1 fully saturated rings. The van der Waals surface area contributed by atoms with E-state index in [0.29, 0.717) is 10.7 Å². The molecule has 0 N–H and O–H groups in total. The molecule has 0 aliphatic carbocycles. The molecule has 0 aromatic carbocycles. The minimum Gasteiger partial charge on any atom is -0.334 e. The van der Waals surface area contributed by atoms with Crippen LogP contribution in [0.1, 0.15) is 48.7 Å². The highest BCUT2D eigenvalue weighted by Crippen LogP contribution is 2.26. The van der Waals surface area contributed by atoms with E-state index in [0.717, 1.165) is 45.2 Å². The second-order valence-electron chi connectivity index (χ2n) is 6.28. The average Bonchev–Trinajstić information content (AvgIpc) is 3.20. The Labute approximate surface area is 147 Å². The Bertz CT molecular complexity index is 686. The number of aromatic nitrogens is 3. The molecule has 6 heteroatoms. The van der Waals surface area contributed by atoms with Gasteiger partial charge in [0.1, 0.15) is 0 Å². The van der Waals surface area contributed by atoms with Crippen LogP contribution >= 0.6 is 11.6 Å². The first-order chi connectivity index (χ1) is 11.7. The summed E-state index contributed by atoms with van der Waals surface area (Å²) < 4.78 is 1.76. The summed E-state index contributed by atoms with van der Waals surface area (Å²) in [7, 11) is 0. The fourth-order valence-corrected chi connectivity index (χ4v) is 3.54. The van der Waals surface area contributed by atoms with Crippen LogP contribution < -0.4 is 0 Å². The summed E-state index contributed by atoms with van der Waals surface area (Å²) >= 11 is 6.24. The van der Waals surface area contributed by atoms with Crippen LogP contribution in [0, 0.1) is 0 Å². The molecule has 2 aromatic heterocycles. The summed E-state index contributed by atoms with van der Waals surface area (Å²) in [5.74, 6) is -0.0351. The lowest BCUT2D eigenvalue weighted by Crippen LogP contribution is -2.36. The Morgan fingerprint density at radius 1 is 1.38 bits per heavy atom. The lowest BCUT2D eigenvalue weighted by atomic mass is 10.0. The number of aryl methyl sites for hydroxylation is 2. The largest absolute Gasteiger partial charge is 0.334 e. The van der Waals surface area contributed by atoms with Gasteiger partial charge in [0.2, 0.25) is 0 Å². The maximum Gasteiger partial charge on any atom is 0.276 e. The number of likely N-dealkylation sites (tertiary alicyclic amines) is 1. The van der Waals surface area contributed by atoms with Crippen molar-refractivity contribution in [2.75, 3.05) is 6.54 Å². The number of pyridine rings is 1. The molecule has 0 bridgehead atoms. The van der Waals surface area contributed by atoms with Crippen LogP contribution in [0.2, 0.25) is 5.02 Å². The first-order valence-electron chi connectivity index (χ1n) is 8.62. The molecule has 0 saturated carbocycles. The van der Waals surface area contributed by atoms with Crippen molar-refractivity contribution in [1.29, 1.82) is 0 Å². The number of hydrogen-bond acceptors (Lipinski definition) is 3. The third-order valence-corrected chi connectivity index (χ3v) is 4.80. The Kier molecular flexibility index (Phi) is 5.51. The van der Waals surface area contributed by atoms with Crippen LogP contribution in [0.3, 0.4) is 0 Å². The fourth-order valence-electron chi connectivity index (χ4n) is 3.31. The van der Waals surface area contributed by atoms with Gasteiger partial charge in [0.25, 0.3) is 5.91 Å². The van der Waals surface area contributed by atoms with Crippen molar-refractivity contribution in [2.45, 2.75) is 51.6 Å². The van der Waals surface area contributed by atoms with Gasteiger partial charge in [-0.15, -0.1) is 0 Å². The lowest BCUT2D eigenvalue weighted by molar-refractivity contribution is 0.0724. The molecule has 1 aliphatic heterocycles. The highest BCUT2D eigenvalue weighted by Gasteiger charge is 2.31. The molecule has 1 amide bonds. The molecule has 0 radical (unpaired) electrons. The van der Waals surface area contributed by atoms with E-state index in [2.05, 4.69) is 17.0 Å². The minimum atomic E-state index is -0.0351. The van der Waals surface area contributed by atoms with Crippen LogP contribution in [0.25, 0.3) is 0 Å². The number of hydrogen-bond donors (Lipinski definition) is 0. The van der Waals surface area contributed by atoms with Crippen molar-refractivity contribution < 1.29 is 4.79 Å². The number of carbonyl (C=O) groups excluding carboxylic acids is 1. The summed E-state index contributed by atoms with van der Waals surface area (Å²) in [6.45, 7) is 3.64. The van der Waals surface area contributed by atoms with Crippen molar-refractivity contribution in [1.82, 2.24) is 19.7 Å². The molecular weight excluding hydrogens is 324 g/mol. The van der Waals surface area contributed by atoms with Gasteiger partial charge in [-0.2, -0.15) is 5.10 Å². The summed E-state index contributed by atoms with van der Waals surface area (Å²) in [5, 5.41) is 4.83. The Morgan fingerprint density at radius 2 is 2.17 bits per heavy atom. The van der Waals surface area contributed by atoms with Crippen molar-refractivity contribution in [3.8, 4) is 0 Å². The zero-order valence-corrected chi connectivity index (χ0v) is 14.7. The molecule has 24 heavy (non-hydrogen) atoms. The van der Waals surface area contributed by atoms with Crippen LogP contribution in [0.4, 0.5) is 0 Å². The second kappa shape index (κ2) is 7.79. The first-order valence-corrected chi connectivity index (χ1v) is 8.99. The Morgan fingerprint density at radius 3 is 2.92 bits per heavy atom. The van der Waals surface area contributed by atoms with Crippen LogP contribution in [0.15, 0.2) is 30.7 Å². The smallest absolute Gasteiger partial charge is 0.276 e. The molecule has 3 heterocycles. The number of amides is 1. The molecule has 1 saturated heterocycles. The van der Waals surface area contributed by atoms with Gasteiger partial charge in [-0.25, -0.2) is 0 Å². The maximum absolute atomic E-state index is 12.9. The highest BCUT2D eigenvalue weighted by atomic mass is 35.5. The molecule has 1 aliphatic rings. The lowest BCUT2D eigenvalue weighted by Gasteiger charge is -2.24. The predicted molar refractivity (Wildman–Crippen MR) is 94.1 cm³/mol. The van der Waals surface area contributed by atoms with Crippen LogP contribution in [-0.4, -0.2) is 38.2 Å². The summed E-state index contributed by atoms with van der Waals surface area (Å²) in [4.78, 5) is 18.9. The zero-order valence-electron chi connectivity index (χ0n) is 14.0. The molecule has 2 aromatic rings. The third-order valence-electron chi connectivity index (χ3n) is 4.53. The van der Waals surface area contributed by atoms with Gasteiger partial charge in [-0.3, -0.25) is 14.5 Å². The maximum atomic E-state index is 12.9. The van der Waals surface area contributed by atoms with E-state index in [1.807, 2.05) is 29.4 Å². The number of halogens is 1. The molecule has 5 nitrogen and oxygen atoms in total. The van der Waals surface area contributed by atoms with Crippen molar-refractivity contribution in [2.24, 2.45) is 0 Å². The summed E-state index contributed by atoms with van der Waals surface area (Å²) in [5.41, 5.74) is 1.65. The summed E-state index contributed by atoms with van der Waals surface area (Å²) in [6, 6.07) is 4.33. The third kappa shape index (κ3) is 3.78. The van der Waals surface area contributed by atoms with E-state index >= 15 is 0 Å². The van der Waals surface area contributed by atoms with E-state index in [9.17, 15) is 4.79 Å². The van der Waals surface area contributed by atoms with Crippen molar-refractivity contribution in [3.05, 3.63) is 47.0 Å². The highest BCUT2D eigenvalue weighted by molar-refractivity contribution is 6.33. The van der Waals surface area contributed by atoms with Gasteiger partial charge < -0.3 is 4.90 Å². The zero-order chi connectivity index (χ0) is 16.9. The van der Waals surface area contributed by atoms with E-state index in [4.69, 9.17) is 11.6 Å². The van der Waals surface area contributed by atoms with Gasteiger partial charge in [0.05, 0.1) is 5.02 Å². The van der Waals surface area contributed by atoms with Crippen molar-refractivity contribution in [3.63, 3.8) is 0 Å². The molecule has 128 valence electrons. The van der Waals surface area contributed by atoms with E-state index in [1.165, 1.54) is 5.56 Å². The molecular formula is C18H23ClN4O. The van der Waals surface area contributed by atoms with Crippen LogP contribution in [-0.2, 0) is 13.0 Å². The molecule has 0 unspecified atom stereocenters. The predicted octanol–water partition coefficient (Wildman–Crippen LogP) is 3.58. The fraction of sp³-hybridized carbons (Fsp3) is 0.500. The molecule has 1 atom stereocenters. The van der Waals surface area contributed by atoms with Gasteiger partial charge >= 0.3 is 0 Å². The number of rotatable bonds is 6. The molecule has 0 spiro atoms. The second-order valence-corrected chi connectivity index (χ2v) is 6.68. The Hall–Kier alpha value is -1.88. The standard InChI is InChI=1S/C18H23ClN4O/c1-2-11-22-13-16(19)17(21-22)18(24)23-12-3-4-15(23)6-5-14-7-9-20-10-8-14/h7-10,13,15H,2-6,11-12H2,1H3/t15-/m0/s1. The minimum absolute atomic E-state index is 0.0351. The van der Waals surface area contributed by atoms with Gasteiger partial charge in [0.15, 0.2) is 5.69 Å². The number of nitrogens with zero attached hydrogens (tertiary/aromatic N) is 4. The average molecular weight is 347 g/mol. The van der Waals surface area contributed by atoms with E-state index in [-0.39, 0.29) is 11.9 Å².